The maximum absolute atomic E-state index is 11.8. The number of carbonyl (C=O) groups excluding carboxylic acids is 2. The van der Waals surface area contributed by atoms with E-state index in [2.05, 4.69) is 20.6 Å². The molecule has 22 heavy (non-hydrogen) atoms. The number of carbonyl (C=O) groups is 2. The monoisotopic (exact) mass is 296 g/mol. The van der Waals surface area contributed by atoms with Gasteiger partial charge in [0.2, 0.25) is 0 Å². The van der Waals surface area contributed by atoms with Crippen LogP contribution in [0.15, 0.2) is 61.7 Å². The Morgan fingerprint density at radius 2 is 1.18 bits per heavy atom. The molecule has 1 aromatic carbocycles. The van der Waals surface area contributed by atoms with Gasteiger partial charge in [0.05, 0.1) is 0 Å². The molecule has 0 fully saturated rings. The quantitative estimate of drug-likeness (QED) is 0.758. The Bertz CT molecular complexity index is 695. The first-order valence-corrected chi connectivity index (χ1v) is 6.41. The Balaban J connectivity index is 1.63. The first kappa shape index (κ1) is 13.6. The van der Waals surface area contributed by atoms with Crippen molar-refractivity contribution in [2.45, 2.75) is 0 Å². The van der Waals surface area contributed by atoms with E-state index in [1.54, 1.807) is 36.7 Å². The molecule has 3 aromatic rings. The van der Waals surface area contributed by atoms with Gasteiger partial charge in [-0.3, -0.25) is 9.13 Å². The van der Waals surface area contributed by atoms with Gasteiger partial charge in [-0.25, -0.2) is 19.6 Å². The zero-order valence-corrected chi connectivity index (χ0v) is 11.4. The molecule has 0 spiro atoms. The van der Waals surface area contributed by atoms with E-state index in [1.807, 2.05) is 0 Å². The molecule has 110 valence electrons. The van der Waals surface area contributed by atoms with Crippen molar-refractivity contribution < 1.29 is 9.59 Å². The molecule has 8 heteroatoms. The Morgan fingerprint density at radius 1 is 0.773 bits per heavy atom. The highest BCUT2D eigenvalue weighted by atomic mass is 16.2. The van der Waals surface area contributed by atoms with Crippen molar-refractivity contribution in [3.63, 3.8) is 0 Å². The summed E-state index contributed by atoms with van der Waals surface area (Å²) in [7, 11) is 0. The number of nitrogens with zero attached hydrogens (tertiary/aromatic N) is 4. The minimum Gasteiger partial charge on any atom is -0.307 e. The van der Waals surface area contributed by atoms with Crippen LogP contribution in [0.1, 0.15) is 0 Å². The third-order valence-corrected chi connectivity index (χ3v) is 2.87. The fourth-order valence-electron chi connectivity index (χ4n) is 1.77. The molecule has 0 bridgehead atoms. The second-order valence-electron chi connectivity index (χ2n) is 4.38. The number of rotatable bonds is 2. The minimum absolute atomic E-state index is 0.312. The largest absolute Gasteiger partial charge is 0.331 e. The van der Waals surface area contributed by atoms with Gasteiger partial charge in [0.1, 0.15) is 12.7 Å². The van der Waals surface area contributed by atoms with Crippen molar-refractivity contribution in [2.75, 3.05) is 10.6 Å². The molecule has 0 unspecified atom stereocenters. The van der Waals surface area contributed by atoms with Gasteiger partial charge < -0.3 is 10.6 Å². The highest BCUT2D eigenvalue weighted by molar-refractivity contribution is 5.93. The van der Waals surface area contributed by atoms with Crippen LogP contribution in [-0.4, -0.2) is 31.2 Å². The third kappa shape index (κ3) is 3.01. The number of amides is 2. The Labute approximate surface area is 125 Å². The number of imidazole rings is 2. The Morgan fingerprint density at radius 3 is 1.50 bits per heavy atom. The molecule has 3 rings (SSSR count). The summed E-state index contributed by atoms with van der Waals surface area (Å²) in [5, 5.41) is 5.42. The average molecular weight is 296 g/mol. The van der Waals surface area contributed by atoms with Crippen LogP contribution in [0, 0.1) is 0 Å². The van der Waals surface area contributed by atoms with Gasteiger partial charge in [-0.05, 0) is 24.3 Å². The van der Waals surface area contributed by atoms with Crippen molar-refractivity contribution in [2.24, 2.45) is 0 Å². The van der Waals surface area contributed by atoms with Crippen LogP contribution in [0.2, 0.25) is 0 Å². The van der Waals surface area contributed by atoms with E-state index >= 15 is 0 Å². The summed E-state index contributed by atoms with van der Waals surface area (Å²) >= 11 is 0. The molecule has 2 heterocycles. The molecule has 0 aliphatic rings. The van der Waals surface area contributed by atoms with Gasteiger partial charge in [-0.15, -0.1) is 0 Å². The van der Waals surface area contributed by atoms with Crippen LogP contribution in [0.25, 0.3) is 0 Å². The maximum Gasteiger partial charge on any atom is 0.331 e. The van der Waals surface area contributed by atoms with E-state index in [1.165, 1.54) is 34.2 Å². The predicted molar refractivity (Wildman–Crippen MR) is 79.7 cm³/mol. The molecule has 2 amide bonds. The van der Waals surface area contributed by atoms with Gasteiger partial charge in [0.15, 0.2) is 0 Å². The van der Waals surface area contributed by atoms with Crippen molar-refractivity contribution in [1.29, 1.82) is 0 Å². The molecular formula is C14H12N6O2. The summed E-state index contributed by atoms with van der Waals surface area (Å²) in [5.41, 5.74) is 1.22. The summed E-state index contributed by atoms with van der Waals surface area (Å²) in [5.74, 6) is 0. The molecule has 0 atom stereocenters. The zero-order valence-electron chi connectivity index (χ0n) is 11.4. The molecule has 0 radical (unpaired) electrons. The lowest BCUT2D eigenvalue weighted by Crippen LogP contribution is -2.18. The lowest BCUT2D eigenvalue weighted by molar-refractivity contribution is 0.252. The number of nitrogens with one attached hydrogen (secondary N) is 2. The highest BCUT2D eigenvalue weighted by Gasteiger charge is 2.06. The van der Waals surface area contributed by atoms with Crippen LogP contribution in [0.4, 0.5) is 21.0 Å². The zero-order chi connectivity index (χ0) is 15.4. The number of hydrogen-bond donors (Lipinski definition) is 2. The molecule has 2 aromatic heterocycles. The average Bonchev–Trinajstić information content (AvgIpc) is 3.23. The lowest BCUT2D eigenvalue weighted by atomic mass is 10.3. The first-order valence-electron chi connectivity index (χ1n) is 6.41. The van der Waals surface area contributed by atoms with Gasteiger partial charge in [0.25, 0.3) is 0 Å². The number of hydrogen-bond acceptors (Lipinski definition) is 4. The fourth-order valence-corrected chi connectivity index (χ4v) is 1.77. The van der Waals surface area contributed by atoms with Crippen LogP contribution >= 0.6 is 0 Å². The van der Waals surface area contributed by atoms with Crippen LogP contribution in [0.3, 0.4) is 0 Å². The normalized spacial score (nSPS) is 10.2. The second-order valence-corrected chi connectivity index (χ2v) is 4.38. The molecule has 2 N–H and O–H groups in total. The van der Waals surface area contributed by atoms with Gasteiger partial charge >= 0.3 is 12.1 Å². The molecular weight excluding hydrogens is 284 g/mol. The Hall–Kier alpha value is -3.42. The molecule has 8 nitrogen and oxygen atoms in total. The fraction of sp³-hybridized carbons (Fsp3) is 0. The minimum atomic E-state index is -0.312. The maximum atomic E-state index is 11.8. The van der Waals surface area contributed by atoms with E-state index in [-0.39, 0.29) is 12.1 Å². The smallest absolute Gasteiger partial charge is 0.307 e. The van der Waals surface area contributed by atoms with Gasteiger partial charge in [-0.2, -0.15) is 0 Å². The number of anilines is 2. The summed E-state index contributed by atoms with van der Waals surface area (Å²) in [4.78, 5) is 31.3. The van der Waals surface area contributed by atoms with Gasteiger partial charge in [0, 0.05) is 36.2 Å². The van der Waals surface area contributed by atoms with E-state index in [9.17, 15) is 9.59 Å². The number of benzene rings is 1. The summed E-state index contributed by atoms with van der Waals surface area (Å²) in [6.45, 7) is 0. The summed E-state index contributed by atoms with van der Waals surface area (Å²) < 4.78 is 2.66. The van der Waals surface area contributed by atoms with E-state index in [0.29, 0.717) is 11.4 Å². The van der Waals surface area contributed by atoms with Crippen molar-refractivity contribution >= 4 is 23.4 Å². The van der Waals surface area contributed by atoms with E-state index in [0.717, 1.165) is 0 Å². The van der Waals surface area contributed by atoms with Crippen LogP contribution in [-0.2, 0) is 0 Å². The van der Waals surface area contributed by atoms with Gasteiger partial charge in [-0.1, -0.05) is 0 Å². The highest BCUT2D eigenvalue weighted by Crippen LogP contribution is 2.14. The van der Waals surface area contributed by atoms with Crippen molar-refractivity contribution in [3.05, 3.63) is 61.7 Å². The van der Waals surface area contributed by atoms with Crippen LogP contribution < -0.4 is 10.6 Å². The topological polar surface area (TPSA) is 93.8 Å². The number of aromatic nitrogens is 4. The first-order chi connectivity index (χ1) is 10.7. The standard InChI is InChI=1S/C14H12N6O2/c21-13(19-7-5-15-9-19)17-11-1-2-12(4-3-11)18-14(22)20-8-6-16-10-20/h1-10H,(H,17,21)(H,18,22). The molecule has 0 aliphatic carbocycles. The second kappa shape index (κ2) is 5.92. The summed E-state index contributed by atoms with van der Waals surface area (Å²) in [6, 6.07) is 6.15. The lowest BCUT2D eigenvalue weighted by Gasteiger charge is -2.08. The molecule has 0 saturated heterocycles. The molecule has 0 aliphatic heterocycles. The van der Waals surface area contributed by atoms with Crippen molar-refractivity contribution in [3.8, 4) is 0 Å². The predicted octanol–water partition coefficient (Wildman–Crippen LogP) is 2.24. The SMILES string of the molecule is O=C(Nc1ccc(NC(=O)n2ccnc2)cc1)n1ccnc1. The van der Waals surface area contributed by atoms with E-state index < -0.39 is 0 Å². The van der Waals surface area contributed by atoms with E-state index in [4.69, 9.17) is 0 Å². The summed E-state index contributed by atoms with van der Waals surface area (Å²) in [6.07, 6.45) is 8.97. The van der Waals surface area contributed by atoms with Crippen LogP contribution in [0.5, 0.6) is 0 Å². The third-order valence-electron chi connectivity index (χ3n) is 2.87. The van der Waals surface area contributed by atoms with Crippen molar-refractivity contribution in [1.82, 2.24) is 19.1 Å². The Kier molecular flexibility index (Phi) is 3.65. The molecule has 0 saturated carbocycles.